The molecule has 1 N–H and O–H groups in total. The van der Waals surface area contributed by atoms with Gasteiger partial charge in [-0.3, -0.25) is 4.79 Å². The standard InChI is InChI=1S/C20H16FNO3S/c21-13-3-6-17-12(9-13)10-18(26-17)19(23)22-14-4-5-15-16(11-14)25-20(24-15)7-1-2-8-20/h3-6,9-11H,1-2,7-8H2,(H,22,23). The van der Waals surface area contributed by atoms with Gasteiger partial charge in [0, 0.05) is 29.3 Å². The number of anilines is 1. The molecule has 0 radical (unpaired) electrons. The second kappa shape index (κ2) is 5.71. The number of hydrogen-bond donors (Lipinski definition) is 1. The van der Waals surface area contributed by atoms with E-state index in [4.69, 9.17) is 9.47 Å². The van der Waals surface area contributed by atoms with E-state index in [0.29, 0.717) is 16.3 Å². The average molecular weight is 369 g/mol. The third kappa shape index (κ3) is 2.61. The average Bonchev–Trinajstić information content (AvgIpc) is 3.32. The van der Waals surface area contributed by atoms with Crippen LogP contribution < -0.4 is 14.8 Å². The number of nitrogens with one attached hydrogen (secondary N) is 1. The summed E-state index contributed by atoms with van der Waals surface area (Å²) in [5.41, 5.74) is 0.649. The first-order chi connectivity index (χ1) is 12.6. The Morgan fingerprint density at radius 3 is 2.69 bits per heavy atom. The van der Waals surface area contributed by atoms with Crippen LogP contribution in [0.1, 0.15) is 35.4 Å². The summed E-state index contributed by atoms with van der Waals surface area (Å²) in [6.45, 7) is 0. The number of ether oxygens (including phenoxy) is 2. The van der Waals surface area contributed by atoms with E-state index in [2.05, 4.69) is 5.32 Å². The molecule has 1 aliphatic carbocycles. The molecule has 0 saturated heterocycles. The monoisotopic (exact) mass is 369 g/mol. The van der Waals surface area contributed by atoms with Crippen molar-refractivity contribution in [3.63, 3.8) is 0 Å². The number of amides is 1. The van der Waals surface area contributed by atoms with E-state index in [0.717, 1.165) is 41.5 Å². The Kier molecular flexibility index (Phi) is 3.43. The fourth-order valence-electron chi connectivity index (χ4n) is 3.61. The molecule has 1 aliphatic heterocycles. The number of carbonyl (C=O) groups is 1. The highest BCUT2D eigenvalue weighted by Gasteiger charge is 2.44. The van der Waals surface area contributed by atoms with Crippen LogP contribution >= 0.6 is 11.3 Å². The summed E-state index contributed by atoms with van der Waals surface area (Å²) in [5.74, 6) is 0.353. The quantitative estimate of drug-likeness (QED) is 0.664. The minimum Gasteiger partial charge on any atom is -0.448 e. The molecule has 2 heterocycles. The van der Waals surface area contributed by atoms with Gasteiger partial charge >= 0.3 is 0 Å². The number of thiophene rings is 1. The van der Waals surface area contributed by atoms with E-state index in [1.807, 2.05) is 6.07 Å². The first-order valence-electron chi connectivity index (χ1n) is 8.63. The molecule has 132 valence electrons. The Morgan fingerprint density at radius 1 is 1.04 bits per heavy atom. The number of carbonyl (C=O) groups excluding carboxylic acids is 1. The molecule has 1 aromatic heterocycles. The van der Waals surface area contributed by atoms with Crippen LogP contribution in [-0.2, 0) is 0 Å². The Hall–Kier alpha value is -2.60. The van der Waals surface area contributed by atoms with Gasteiger partial charge in [-0.25, -0.2) is 4.39 Å². The minimum atomic E-state index is -0.513. The van der Waals surface area contributed by atoms with Crippen LogP contribution in [0.5, 0.6) is 11.5 Å². The fourth-order valence-corrected chi connectivity index (χ4v) is 4.55. The lowest BCUT2D eigenvalue weighted by Crippen LogP contribution is -2.34. The lowest BCUT2D eigenvalue weighted by Gasteiger charge is -2.21. The summed E-state index contributed by atoms with van der Waals surface area (Å²) < 4.78 is 26.2. The molecule has 1 fully saturated rings. The third-order valence-electron chi connectivity index (χ3n) is 4.86. The van der Waals surface area contributed by atoms with Crippen LogP contribution in [0.4, 0.5) is 10.1 Å². The summed E-state index contributed by atoms with van der Waals surface area (Å²) in [5, 5.41) is 3.62. The van der Waals surface area contributed by atoms with E-state index < -0.39 is 5.79 Å². The summed E-state index contributed by atoms with van der Waals surface area (Å²) in [7, 11) is 0. The highest BCUT2D eigenvalue weighted by atomic mass is 32.1. The van der Waals surface area contributed by atoms with Gasteiger partial charge in [0.1, 0.15) is 5.82 Å². The summed E-state index contributed by atoms with van der Waals surface area (Å²) >= 11 is 1.34. The third-order valence-corrected chi connectivity index (χ3v) is 5.98. The zero-order chi connectivity index (χ0) is 17.7. The number of fused-ring (bicyclic) bond motifs is 2. The second-order valence-electron chi connectivity index (χ2n) is 6.73. The first-order valence-corrected chi connectivity index (χ1v) is 9.44. The molecule has 6 heteroatoms. The van der Waals surface area contributed by atoms with Crippen LogP contribution in [0.25, 0.3) is 10.1 Å². The van der Waals surface area contributed by atoms with E-state index in [-0.39, 0.29) is 11.7 Å². The summed E-state index contributed by atoms with van der Waals surface area (Å²) in [6.07, 6.45) is 3.98. The predicted molar refractivity (Wildman–Crippen MR) is 98.6 cm³/mol. The zero-order valence-corrected chi connectivity index (χ0v) is 14.7. The van der Waals surface area contributed by atoms with Gasteiger partial charge in [-0.05, 0) is 54.6 Å². The van der Waals surface area contributed by atoms with Crippen molar-refractivity contribution < 1.29 is 18.7 Å². The summed E-state index contributed by atoms with van der Waals surface area (Å²) in [4.78, 5) is 13.1. The highest BCUT2D eigenvalue weighted by Crippen LogP contribution is 2.47. The maximum absolute atomic E-state index is 13.3. The van der Waals surface area contributed by atoms with E-state index in [1.54, 1.807) is 24.3 Å². The Morgan fingerprint density at radius 2 is 1.85 bits per heavy atom. The van der Waals surface area contributed by atoms with Crippen molar-refractivity contribution in [3.05, 3.63) is 53.2 Å². The lowest BCUT2D eigenvalue weighted by atomic mass is 10.2. The zero-order valence-electron chi connectivity index (χ0n) is 13.9. The molecule has 2 aromatic carbocycles. The molecule has 0 atom stereocenters. The Bertz CT molecular complexity index is 1020. The topological polar surface area (TPSA) is 47.6 Å². The highest BCUT2D eigenvalue weighted by molar-refractivity contribution is 7.20. The number of benzene rings is 2. The molecule has 26 heavy (non-hydrogen) atoms. The van der Waals surface area contributed by atoms with Crippen molar-refractivity contribution in [1.82, 2.24) is 0 Å². The van der Waals surface area contributed by atoms with Gasteiger partial charge in [-0.1, -0.05) is 0 Å². The van der Waals surface area contributed by atoms with Gasteiger partial charge in [0.05, 0.1) is 4.88 Å². The van der Waals surface area contributed by atoms with Gasteiger partial charge in [-0.2, -0.15) is 0 Å². The van der Waals surface area contributed by atoms with Crippen molar-refractivity contribution in [3.8, 4) is 11.5 Å². The number of halogens is 1. The lowest BCUT2D eigenvalue weighted by molar-refractivity contribution is -0.0716. The van der Waals surface area contributed by atoms with Gasteiger partial charge < -0.3 is 14.8 Å². The minimum absolute atomic E-state index is 0.221. The molecule has 3 aromatic rings. The van der Waals surface area contributed by atoms with Crippen molar-refractivity contribution >= 4 is 33.0 Å². The normalized spacial score (nSPS) is 17.1. The molecule has 0 bridgehead atoms. The molecule has 0 unspecified atom stereocenters. The molecular weight excluding hydrogens is 353 g/mol. The van der Waals surface area contributed by atoms with Crippen molar-refractivity contribution in [2.45, 2.75) is 31.5 Å². The number of hydrogen-bond acceptors (Lipinski definition) is 4. The van der Waals surface area contributed by atoms with Gasteiger partial charge in [-0.15, -0.1) is 11.3 Å². The van der Waals surface area contributed by atoms with E-state index in [1.165, 1.54) is 23.5 Å². The maximum Gasteiger partial charge on any atom is 0.265 e. The van der Waals surface area contributed by atoms with Crippen molar-refractivity contribution in [2.24, 2.45) is 0 Å². The van der Waals surface area contributed by atoms with Gasteiger partial charge in [0.25, 0.3) is 11.7 Å². The summed E-state index contributed by atoms with van der Waals surface area (Å²) in [6, 6.07) is 11.7. The van der Waals surface area contributed by atoms with Gasteiger partial charge in [0.15, 0.2) is 11.5 Å². The largest absolute Gasteiger partial charge is 0.448 e. The molecule has 1 saturated carbocycles. The van der Waals surface area contributed by atoms with Crippen LogP contribution in [-0.4, -0.2) is 11.7 Å². The Labute approximate surface area is 153 Å². The van der Waals surface area contributed by atoms with Crippen LogP contribution in [0, 0.1) is 5.82 Å². The van der Waals surface area contributed by atoms with Crippen LogP contribution in [0.2, 0.25) is 0 Å². The SMILES string of the molecule is O=C(Nc1ccc2c(c1)OC1(CCCC1)O2)c1cc2cc(F)ccc2s1. The molecule has 2 aliphatic rings. The van der Waals surface area contributed by atoms with Crippen molar-refractivity contribution in [1.29, 1.82) is 0 Å². The number of rotatable bonds is 2. The molecule has 5 rings (SSSR count). The molecule has 4 nitrogen and oxygen atoms in total. The predicted octanol–water partition coefficient (Wildman–Crippen LogP) is 5.33. The molecule has 1 spiro atoms. The fraction of sp³-hybridized carbons (Fsp3) is 0.250. The van der Waals surface area contributed by atoms with E-state index >= 15 is 0 Å². The van der Waals surface area contributed by atoms with Crippen molar-refractivity contribution in [2.75, 3.05) is 5.32 Å². The first kappa shape index (κ1) is 15.6. The van der Waals surface area contributed by atoms with Crippen LogP contribution in [0.3, 0.4) is 0 Å². The smallest absolute Gasteiger partial charge is 0.265 e. The maximum atomic E-state index is 13.3. The Balaban J connectivity index is 1.37. The second-order valence-corrected chi connectivity index (χ2v) is 7.81. The molecular formula is C20H16FNO3S. The van der Waals surface area contributed by atoms with E-state index in [9.17, 15) is 9.18 Å². The van der Waals surface area contributed by atoms with Crippen LogP contribution in [0.15, 0.2) is 42.5 Å². The molecule has 1 amide bonds. The van der Waals surface area contributed by atoms with Gasteiger partial charge in [0.2, 0.25) is 0 Å².